The van der Waals surface area contributed by atoms with Gasteiger partial charge in [-0.15, -0.1) is 0 Å². The van der Waals surface area contributed by atoms with Crippen molar-refractivity contribution in [1.29, 1.82) is 5.26 Å². The van der Waals surface area contributed by atoms with Crippen LogP contribution in [0.1, 0.15) is 101 Å². The van der Waals surface area contributed by atoms with E-state index in [2.05, 4.69) is 36.6 Å². The van der Waals surface area contributed by atoms with Gasteiger partial charge in [0.25, 0.3) is 0 Å². The van der Waals surface area contributed by atoms with Gasteiger partial charge in [0.1, 0.15) is 10.1 Å². The lowest BCUT2D eigenvalue weighted by Crippen LogP contribution is -2.37. The van der Waals surface area contributed by atoms with E-state index in [4.69, 9.17) is 5.26 Å². The molecule has 0 amide bonds. The van der Waals surface area contributed by atoms with Crippen LogP contribution in [0.15, 0.2) is 84.0 Å². The van der Waals surface area contributed by atoms with Gasteiger partial charge < -0.3 is 4.55 Å². The summed E-state index contributed by atoms with van der Waals surface area (Å²) in [7, 11) is -4.31. The highest BCUT2D eigenvalue weighted by Gasteiger charge is 2.13. The molecular weight excluding hydrogens is 492 g/mol. The summed E-state index contributed by atoms with van der Waals surface area (Å²) in [5, 5.41) is 8.72. The van der Waals surface area contributed by atoms with E-state index >= 15 is 0 Å². The Balaban J connectivity index is 0.000000279. The molecule has 0 saturated carbocycles. The monoisotopic (exact) mass is 534 g/mol. The lowest BCUT2D eigenvalue weighted by atomic mass is 10.0. The summed E-state index contributed by atoms with van der Waals surface area (Å²) in [5.74, 6) is 0. The number of nitriles is 1. The molecule has 0 aliphatic carbocycles. The topological polar surface area (TPSA) is 84.9 Å². The lowest BCUT2D eigenvalue weighted by Gasteiger charge is -2.08. The Kier molecular flexibility index (Phi) is 14.4. The Morgan fingerprint density at radius 1 is 0.789 bits per heavy atom. The van der Waals surface area contributed by atoms with Crippen LogP contribution in [0.5, 0.6) is 0 Å². The van der Waals surface area contributed by atoms with Crippen molar-refractivity contribution in [3.63, 3.8) is 0 Å². The van der Waals surface area contributed by atoms with Crippen LogP contribution in [0, 0.1) is 11.3 Å². The zero-order valence-electron chi connectivity index (χ0n) is 22.9. The fourth-order valence-electron chi connectivity index (χ4n) is 4.31. The van der Waals surface area contributed by atoms with Gasteiger partial charge in [0.15, 0.2) is 18.4 Å². The minimum atomic E-state index is -4.31. The minimum Gasteiger partial charge on any atom is -0.744 e. The molecule has 3 rings (SSSR count). The third-order valence-corrected chi connectivity index (χ3v) is 7.59. The van der Waals surface area contributed by atoms with E-state index in [1.807, 2.05) is 42.7 Å². The Morgan fingerprint density at radius 2 is 1.32 bits per heavy atom. The number of nitrogens with zero attached hydrogens (tertiary/aromatic N) is 2. The maximum Gasteiger partial charge on any atom is 0.180 e. The van der Waals surface area contributed by atoms with Gasteiger partial charge in [0, 0.05) is 24.6 Å². The molecule has 0 bridgehead atoms. The maximum atomic E-state index is 10.8. The van der Waals surface area contributed by atoms with Crippen molar-refractivity contribution in [1.82, 2.24) is 0 Å². The molecule has 204 valence electrons. The van der Waals surface area contributed by atoms with Crippen molar-refractivity contribution < 1.29 is 17.5 Å². The summed E-state index contributed by atoms with van der Waals surface area (Å²) in [6.07, 6.45) is 17.9. The van der Waals surface area contributed by atoms with Crippen molar-refractivity contribution in [3.05, 3.63) is 95.8 Å². The van der Waals surface area contributed by atoms with Crippen LogP contribution in [-0.4, -0.2) is 13.0 Å². The number of pyridine rings is 1. The van der Waals surface area contributed by atoms with Crippen LogP contribution in [-0.2, 0) is 16.5 Å². The van der Waals surface area contributed by atoms with Gasteiger partial charge in [-0.25, -0.2) is 8.42 Å². The SMILES string of the molecule is CC(c1ccccc1)[n+]1ccc(C#N)cc1.CCCCCCCCCCCCc1ccc(S(=O)(=O)[O-])cc1. The third kappa shape index (κ3) is 12.0. The molecule has 0 radical (unpaired) electrons. The number of unbranched alkanes of at least 4 members (excludes halogenated alkanes) is 9. The fourth-order valence-corrected chi connectivity index (χ4v) is 4.78. The minimum absolute atomic E-state index is 0.140. The molecule has 2 aromatic carbocycles. The first-order valence-electron chi connectivity index (χ1n) is 13.9. The summed E-state index contributed by atoms with van der Waals surface area (Å²) >= 11 is 0. The van der Waals surface area contributed by atoms with E-state index in [0.717, 1.165) is 18.4 Å². The number of aryl methyl sites for hydroxylation is 1. The molecule has 0 N–H and O–H groups in total. The molecule has 6 heteroatoms. The van der Waals surface area contributed by atoms with E-state index in [1.54, 1.807) is 12.1 Å². The van der Waals surface area contributed by atoms with E-state index in [9.17, 15) is 13.0 Å². The molecule has 1 unspecified atom stereocenters. The Labute approximate surface area is 229 Å². The summed E-state index contributed by atoms with van der Waals surface area (Å²) in [6.45, 7) is 4.38. The molecule has 0 aliphatic rings. The van der Waals surface area contributed by atoms with Gasteiger partial charge in [-0.05, 0) is 30.5 Å². The molecule has 1 heterocycles. The van der Waals surface area contributed by atoms with Crippen LogP contribution >= 0.6 is 0 Å². The molecular formula is C32H42N2O3S. The molecule has 0 fully saturated rings. The summed E-state index contributed by atoms with van der Waals surface area (Å²) in [5.41, 5.74) is 3.06. The molecule has 5 nitrogen and oxygen atoms in total. The maximum absolute atomic E-state index is 10.8. The fraction of sp³-hybridized carbons (Fsp3) is 0.438. The predicted octanol–water partition coefficient (Wildman–Crippen LogP) is 7.51. The molecule has 38 heavy (non-hydrogen) atoms. The first kappa shape index (κ1) is 31.2. The first-order chi connectivity index (χ1) is 18.3. The van der Waals surface area contributed by atoms with E-state index in [1.165, 1.54) is 75.5 Å². The average molecular weight is 535 g/mol. The van der Waals surface area contributed by atoms with Crippen molar-refractivity contribution in [3.8, 4) is 6.07 Å². The zero-order chi connectivity index (χ0) is 27.6. The Morgan fingerprint density at radius 3 is 1.82 bits per heavy atom. The van der Waals surface area contributed by atoms with E-state index in [0.29, 0.717) is 5.56 Å². The normalized spacial score (nSPS) is 11.7. The van der Waals surface area contributed by atoms with E-state index < -0.39 is 10.1 Å². The average Bonchev–Trinajstić information content (AvgIpc) is 2.94. The molecule has 1 aromatic heterocycles. The molecule has 1 atom stereocenters. The second kappa shape index (κ2) is 17.5. The Bertz CT molecular complexity index is 1190. The first-order valence-corrected chi connectivity index (χ1v) is 15.3. The van der Waals surface area contributed by atoms with Crippen LogP contribution in [0.25, 0.3) is 0 Å². The lowest BCUT2D eigenvalue weighted by molar-refractivity contribution is -0.710. The molecule has 0 saturated heterocycles. The van der Waals surface area contributed by atoms with Crippen LogP contribution < -0.4 is 4.57 Å². The number of aromatic nitrogens is 1. The summed E-state index contributed by atoms with van der Waals surface area (Å²) in [4.78, 5) is -0.140. The van der Waals surface area contributed by atoms with Crippen molar-refractivity contribution in [2.75, 3.05) is 0 Å². The second-order valence-corrected chi connectivity index (χ2v) is 11.1. The van der Waals surface area contributed by atoms with Gasteiger partial charge in [0.05, 0.1) is 16.5 Å². The van der Waals surface area contributed by atoms with Crippen molar-refractivity contribution in [2.45, 2.75) is 95.4 Å². The zero-order valence-corrected chi connectivity index (χ0v) is 23.7. The highest BCUT2D eigenvalue weighted by atomic mass is 32.2. The second-order valence-electron chi connectivity index (χ2n) is 9.76. The number of hydrogen-bond donors (Lipinski definition) is 0. The van der Waals surface area contributed by atoms with Gasteiger partial charge in [-0.1, -0.05) is 107 Å². The number of benzene rings is 2. The molecule has 0 aliphatic heterocycles. The number of rotatable bonds is 14. The van der Waals surface area contributed by atoms with Gasteiger partial charge in [-0.2, -0.15) is 9.83 Å². The number of hydrogen-bond acceptors (Lipinski definition) is 4. The highest BCUT2D eigenvalue weighted by molar-refractivity contribution is 7.85. The summed E-state index contributed by atoms with van der Waals surface area (Å²) in [6, 6.07) is 22.7. The highest BCUT2D eigenvalue weighted by Crippen LogP contribution is 2.15. The van der Waals surface area contributed by atoms with E-state index in [-0.39, 0.29) is 10.9 Å². The van der Waals surface area contributed by atoms with Crippen LogP contribution in [0.2, 0.25) is 0 Å². The van der Waals surface area contributed by atoms with Crippen LogP contribution in [0.3, 0.4) is 0 Å². The quantitative estimate of drug-likeness (QED) is 0.122. The van der Waals surface area contributed by atoms with Crippen LogP contribution in [0.4, 0.5) is 0 Å². The Hall–Kier alpha value is -3.01. The van der Waals surface area contributed by atoms with Gasteiger partial charge in [0.2, 0.25) is 0 Å². The largest absolute Gasteiger partial charge is 0.744 e. The van der Waals surface area contributed by atoms with Crippen molar-refractivity contribution in [2.24, 2.45) is 0 Å². The standard InChI is InChI=1S/C18H30O3S.C14H13N2/c1-2-3-4-5-6-7-8-9-10-11-12-17-13-15-18(16-14-17)22(19,20)21;1-12(14-5-3-2-4-6-14)16-9-7-13(11-15)8-10-16/h13-16H,2-12H2,1H3,(H,19,20,21);2-10,12H,1H3/q;+1/p-1. The smallest absolute Gasteiger partial charge is 0.180 e. The van der Waals surface area contributed by atoms with Crippen molar-refractivity contribution >= 4 is 10.1 Å². The summed E-state index contributed by atoms with van der Waals surface area (Å²) < 4.78 is 34.6. The molecule has 0 spiro atoms. The molecule has 3 aromatic rings. The third-order valence-electron chi connectivity index (χ3n) is 6.74. The van der Waals surface area contributed by atoms with Gasteiger partial charge >= 0.3 is 0 Å². The predicted molar refractivity (Wildman–Crippen MR) is 152 cm³/mol. The van der Waals surface area contributed by atoms with Gasteiger partial charge in [-0.3, -0.25) is 0 Å².